The van der Waals surface area contributed by atoms with Crippen LogP contribution < -0.4 is 0 Å². The minimum Gasteiger partial charge on any atom is -0.278 e. The van der Waals surface area contributed by atoms with E-state index in [1.807, 2.05) is 0 Å². The van der Waals surface area contributed by atoms with E-state index in [1.54, 1.807) is 19.4 Å². The van der Waals surface area contributed by atoms with Crippen LogP contribution in [0.5, 0.6) is 0 Å². The van der Waals surface area contributed by atoms with Crippen molar-refractivity contribution >= 4 is 0 Å². The Kier molecular flexibility index (Phi) is 17.8. The molecule has 3 nitrogen and oxygen atoms in total. The van der Waals surface area contributed by atoms with Crippen LogP contribution in [0.25, 0.3) is 0 Å². The highest BCUT2D eigenvalue weighted by molar-refractivity contribution is 4.49. The highest BCUT2D eigenvalue weighted by Crippen LogP contribution is 2.13. The number of nitrogens with zero attached hydrogens (tertiary/aromatic N) is 1. The van der Waals surface area contributed by atoms with Gasteiger partial charge in [0.05, 0.1) is 20.8 Å². The first-order chi connectivity index (χ1) is 10.3. The van der Waals surface area contributed by atoms with Crippen LogP contribution >= 0.6 is 0 Å². The first kappa shape index (κ1) is 20.9. The molecule has 21 heavy (non-hydrogen) atoms. The molecule has 0 spiro atoms. The summed E-state index contributed by atoms with van der Waals surface area (Å²) in [5, 5.41) is 1.54. The second-order valence-corrected chi connectivity index (χ2v) is 6.02. The second kappa shape index (κ2) is 17.9. The van der Waals surface area contributed by atoms with Crippen molar-refractivity contribution in [2.24, 2.45) is 0 Å². The molecule has 0 aromatic heterocycles. The lowest BCUT2D eigenvalue weighted by molar-refractivity contribution is -0.342. The Labute approximate surface area is 133 Å². The number of unbranched alkanes of at least 4 members (excludes halogenated alkanes) is 13. The van der Waals surface area contributed by atoms with Gasteiger partial charge in [0.25, 0.3) is 0 Å². The second-order valence-electron chi connectivity index (χ2n) is 6.02. The Balaban J connectivity index is 3.02. The van der Waals surface area contributed by atoms with E-state index in [2.05, 4.69) is 6.92 Å². The van der Waals surface area contributed by atoms with Gasteiger partial charge in [-0.3, -0.25) is 9.68 Å². The summed E-state index contributed by atoms with van der Waals surface area (Å²) < 4.78 is 0. The number of hydroxylamine groups is 2. The van der Waals surface area contributed by atoms with Gasteiger partial charge in [0, 0.05) is 0 Å². The van der Waals surface area contributed by atoms with E-state index >= 15 is 0 Å². The zero-order valence-electron chi connectivity index (χ0n) is 14.9. The third-order valence-corrected chi connectivity index (χ3v) is 4.10. The molecule has 3 heteroatoms. The van der Waals surface area contributed by atoms with Gasteiger partial charge in [-0.15, -0.1) is 0 Å². The summed E-state index contributed by atoms with van der Waals surface area (Å²) in [4.78, 5) is 10.0. The maximum Gasteiger partial charge on any atom is 0.0601 e. The Bertz CT molecular complexity index is 184. The predicted octanol–water partition coefficient (Wildman–Crippen LogP) is 5.89. The van der Waals surface area contributed by atoms with Crippen LogP contribution in [0, 0.1) is 0 Å². The molecule has 128 valence electrons. The van der Waals surface area contributed by atoms with Gasteiger partial charge < -0.3 is 0 Å². The molecular formula is C18H39NO2. The molecule has 0 amide bonds. The molecular weight excluding hydrogens is 262 g/mol. The predicted molar refractivity (Wildman–Crippen MR) is 91.0 cm³/mol. The average Bonchev–Trinajstić information content (AvgIpc) is 2.51. The minimum atomic E-state index is 0.866. The van der Waals surface area contributed by atoms with Gasteiger partial charge in [0.2, 0.25) is 0 Å². The maximum atomic E-state index is 5.02. The number of rotatable bonds is 17. The van der Waals surface area contributed by atoms with Crippen LogP contribution in [0.3, 0.4) is 0 Å². The van der Waals surface area contributed by atoms with Gasteiger partial charge in [-0.25, -0.2) is 0 Å². The molecule has 0 aliphatic carbocycles. The van der Waals surface area contributed by atoms with Crippen LogP contribution in [-0.4, -0.2) is 26.0 Å². The van der Waals surface area contributed by atoms with Crippen LogP contribution in [0.1, 0.15) is 96.8 Å². The molecule has 0 aromatic carbocycles. The third kappa shape index (κ3) is 16.1. The van der Waals surface area contributed by atoms with Gasteiger partial charge in [0.15, 0.2) is 0 Å². The first-order valence-corrected chi connectivity index (χ1v) is 9.20. The van der Waals surface area contributed by atoms with Gasteiger partial charge in [-0.2, -0.15) is 0 Å². The van der Waals surface area contributed by atoms with E-state index in [0.717, 1.165) is 13.0 Å². The van der Waals surface area contributed by atoms with Crippen LogP contribution in [0.4, 0.5) is 0 Å². The Morgan fingerprint density at radius 1 is 0.524 bits per heavy atom. The lowest BCUT2D eigenvalue weighted by Gasteiger charge is -2.15. The summed E-state index contributed by atoms with van der Waals surface area (Å²) in [6.45, 7) is 3.15. The topological polar surface area (TPSA) is 21.7 Å². The van der Waals surface area contributed by atoms with E-state index in [-0.39, 0.29) is 0 Å². The van der Waals surface area contributed by atoms with E-state index in [4.69, 9.17) is 9.68 Å². The summed E-state index contributed by atoms with van der Waals surface area (Å²) in [5.41, 5.74) is 0. The van der Waals surface area contributed by atoms with Crippen molar-refractivity contribution < 1.29 is 9.68 Å². The molecule has 0 saturated heterocycles. The molecule has 0 unspecified atom stereocenters. The SMILES string of the molecule is CCCCCCCCCCCCCCCCN(OC)OC. The first-order valence-electron chi connectivity index (χ1n) is 9.20. The standard InChI is InChI=1S/C18H39NO2/c1-4-5-6-7-8-9-10-11-12-13-14-15-16-17-18-19(20-2)21-3/h4-18H2,1-3H3. The summed E-state index contributed by atoms with van der Waals surface area (Å²) in [6.07, 6.45) is 19.5. The Morgan fingerprint density at radius 3 is 1.19 bits per heavy atom. The third-order valence-electron chi connectivity index (χ3n) is 4.10. The van der Waals surface area contributed by atoms with Crippen molar-refractivity contribution in [3.05, 3.63) is 0 Å². The largest absolute Gasteiger partial charge is 0.278 e. The van der Waals surface area contributed by atoms with Crippen molar-refractivity contribution in [3.8, 4) is 0 Å². The summed E-state index contributed by atoms with van der Waals surface area (Å²) in [5.74, 6) is 0. The zero-order chi connectivity index (χ0) is 15.6. The number of hydrogen-bond donors (Lipinski definition) is 0. The lowest BCUT2D eigenvalue weighted by Crippen LogP contribution is -2.21. The summed E-state index contributed by atoms with van der Waals surface area (Å²) in [6, 6.07) is 0. The quantitative estimate of drug-likeness (QED) is 0.247. The van der Waals surface area contributed by atoms with Crippen molar-refractivity contribution in [3.63, 3.8) is 0 Å². The fourth-order valence-electron chi connectivity index (χ4n) is 2.69. The molecule has 0 aromatic rings. The van der Waals surface area contributed by atoms with Gasteiger partial charge in [-0.05, 0) is 6.42 Å². The van der Waals surface area contributed by atoms with Gasteiger partial charge >= 0.3 is 0 Å². The Morgan fingerprint density at radius 2 is 0.857 bits per heavy atom. The number of hydrogen-bond acceptors (Lipinski definition) is 3. The van der Waals surface area contributed by atoms with Crippen LogP contribution in [0.15, 0.2) is 0 Å². The molecule has 0 heterocycles. The Hall–Kier alpha value is -0.120. The monoisotopic (exact) mass is 301 g/mol. The van der Waals surface area contributed by atoms with Crippen molar-refractivity contribution in [1.29, 1.82) is 0 Å². The van der Waals surface area contributed by atoms with Crippen molar-refractivity contribution in [1.82, 2.24) is 5.23 Å². The van der Waals surface area contributed by atoms with E-state index in [9.17, 15) is 0 Å². The normalized spacial score (nSPS) is 11.4. The average molecular weight is 302 g/mol. The van der Waals surface area contributed by atoms with Crippen LogP contribution in [-0.2, 0) is 9.68 Å². The molecule has 0 saturated carbocycles. The highest BCUT2D eigenvalue weighted by atomic mass is 16.9. The highest BCUT2D eigenvalue weighted by Gasteiger charge is 2.00. The van der Waals surface area contributed by atoms with Crippen molar-refractivity contribution in [2.75, 3.05) is 20.8 Å². The van der Waals surface area contributed by atoms with Crippen molar-refractivity contribution in [2.45, 2.75) is 96.8 Å². The molecule has 0 aliphatic heterocycles. The molecule has 0 aliphatic rings. The molecule has 0 N–H and O–H groups in total. The van der Waals surface area contributed by atoms with E-state index < -0.39 is 0 Å². The lowest BCUT2D eigenvalue weighted by atomic mass is 10.0. The fraction of sp³-hybridized carbons (Fsp3) is 1.00. The minimum absolute atomic E-state index is 0.866. The van der Waals surface area contributed by atoms with Gasteiger partial charge in [0.1, 0.15) is 0 Å². The van der Waals surface area contributed by atoms with Crippen LogP contribution in [0.2, 0.25) is 0 Å². The maximum absolute atomic E-state index is 5.02. The molecule has 0 radical (unpaired) electrons. The molecule has 0 rings (SSSR count). The van der Waals surface area contributed by atoms with Gasteiger partial charge in [-0.1, -0.05) is 95.6 Å². The van der Waals surface area contributed by atoms with E-state index in [1.165, 1.54) is 83.5 Å². The molecule has 0 atom stereocenters. The summed E-state index contributed by atoms with van der Waals surface area (Å²) >= 11 is 0. The molecule has 0 bridgehead atoms. The summed E-state index contributed by atoms with van der Waals surface area (Å²) in [7, 11) is 3.29. The van der Waals surface area contributed by atoms with E-state index in [0.29, 0.717) is 0 Å². The fourth-order valence-corrected chi connectivity index (χ4v) is 2.69. The zero-order valence-corrected chi connectivity index (χ0v) is 14.9. The molecule has 0 fully saturated rings. The smallest absolute Gasteiger partial charge is 0.0601 e.